The van der Waals surface area contributed by atoms with Crippen LogP contribution in [0.25, 0.3) is 0 Å². The van der Waals surface area contributed by atoms with Crippen LogP contribution in [0.15, 0.2) is 0 Å². The number of hydrogen-bond donors (Lipinski definition) is 0. The summed E-state index contributed by atoms with van der Waals surface area (Å²) in [7, 11) is 0. The molecule has 0 bridgehead atoms. The fourth-order valence-electron chi connectivity index (χ4n) is 3.44. The van der Waals surface area contributed by atoms with Crippen LogP contribution in [0.1, 0.15) is 26.7 Å². The quantitative estimate of drug-likeness (QED) is 0.596. The van der Waals surface area contributed by atoms with Gasteiger partial charge in [-0.3, -0.25) is 0 Å². The lowest BCUT2D eigenvalue weighted by atomic mass is 10.0. The molecular weight excluding hydrogens is 280 g/mol. The van der Waals surface area contributed by atoms with Gasteiger partial charge >= 0.3 is 0 Å². The topological polar surface area (TPSA) is 0 Å². The largest absolute Gasteiger partial charge is 0.0868 e. The van der Waals surface area contributed by atoms with Crippen molar-refractivity contribution in [2.75, 3.05) is 0 Å². The fourth-order valence-corrected chi connectivity index (χ4v) is 5.20. The summed E-state index contributed by atoms with van der Waals surface area (Å²) in [4.78, 5) is 0. The molecule has 0 amide bonds. The molecule has 3 saturated carbocycles. The normalized spacial score (nSPS) is 57.0. The van der Waals surface area contributed by atoms with Gasteiger partial charge in [0.1, 0.15) is 0 Å². The molecule has 68 valence electrons. The molecule has 0 unspecified atom stereocenters. The van der Waals surface area contributed by atoms with Crippen LogP contribution in [-0.2, 0) is 0 Å². The van der Waals surface area contributed by atoms with Gasteiger partial charge in [0.25, 0.3) is 0 Å². The van der Waals surface area contributed by atoms with Crippen LogP contribution >= 0.6 is 31.9 Å². The molecule has 3 aliphatic carbocycles. The first-order valence-electron chi connectivity index (χ1n) is 4.83. The van der Waals surface area contributed by atoms with Crippen molar-refractivity contribution in [1.82, 2.24) is 0 Å². The van der Waals surface area contributed by atoms with Gasteiger partial charge in [0, 0.05) is 0 Å². The van der Waals surface area contributed by atoms with Crippen LogP contribution in [0.2, 0.25) is 0 Å². The lowest BCUT2D eigenvalue weighted by Gasteiger charge is -2.03. The first-order chi connectivity index (χ1) is 5.45. The lowest BCUT2D eigenvalue weighted by molar-refractivity contribution is 0.457. The first kappa shape index (κ1) is 8.28. The standard InChI is InChI=1S/C10H14Br2/c1-9(2)5-3-7-8(4-6(5)9)10(7,11)12/h5-8H,3-4H2,1-2H3/t5-,6-,7-,8-/m1/s1. The molecule has 2 heteroatoms. The van der Waals surface area contributed by atoms with E-state index in [4.69, 9.17) is 0 Å². The van der Waals surface area contributed by atoms with E-state index in [1.165, 1.54) is 12.8 Å². The van der Waals surface area contributed by atoms with Gasteiger partial charge in [0.2, 0.25) is 0 Å². The smallest absolute Gasteiger partial charge is 0.0721 e. The van der Waals surface area contributed by atoms with Crippen molar-refractivity contribution in [3.05, 3.63) is 0 Å². The number of halogens is 2. The number of fused-ring (bicyclic) bond motifs is 2. The van der Waals surface area contributed by atoms with Crippen LogP contribution in [0, 0.1) is 29.1 Å². The molecule has 4 atom stereocenters. The Hall–Kier alpha value is 0.960. The van der Waals surface area contributed by atoms with E-state index in [0.717, 1.165) is 23.7 Å². The molecule has 0 radical (unpaired) electrons. The second kappa shape index (κ2) is 1.98. The zero-order valence-corrected chi connectivity index (χ0v) is 10.7. The minimum Gasteiger partial charge on any atom is -0.0721 e. The van der Waals surface area contributed by atoms with Crippen LogP contribution < -0.4 is 0 Å². The van der Waals surface area contributed by atoms with Gasteiger partial charge in [0.15, 0.2) is 0 Å². The fraction of sp³-hybridized carbons (Fsp3) is 1.00. The number of alkyl halides is 2. The lowest BCUT2D eigenvalue weighted by Crippen LogP contribution is -1.95. The second-order valence-corrected chi connectivity index (χ2v) is 9.08. The van der Waals surface area contributed by atoms with Crippen LogP contribution in [0.5, 0.6) is 0 Å². The van der Waals surface area contributed by atoms with Crippen LogP contribution in [0.3, 0.4) is 0 Å². The Balaban J connectivity index is 1.80. The van der Waals surface area contributed by atoms with Gasteiger partial charge in [-0.1, -0.05) is 45.7 Å². The highest BCUT2D eigenvalue weighted by Gasteiger charge is 2.73. The van der Waals surface area contributed by atoms with Crippen molar-refractivity contribution in [1.29, 1.82) is 0 Å². The molecule has 0 aromatic carbocycles. The Kier molecular flexibility index (Phi) is 1.36. The predicted octanol–water partition coefficient (Wildman–Crippen LogP) is 3.78. The van der Waals surface area contributed by atoms with Crippen molar-refractivity contribution in [3.8, 4) is 0 Å². The van der Waals surface area contributed by atoms with E-state index in [9.17, 15) is 0 Å². The van der Waals surface area contributed by atoms with Crippen LogP contribution in [-0.4, -0.2) is 3.23 Å². The molecule has 3 rings (SSSR count). The van der Waals surface area contributed by atoms with E-state index >= 15 is 0 Å². The van der Waals surface area contributed by atoms with E-state index < -0.39 is 0 Å². The molecule has 0 aliphatic heterocycles. The summed E-state index contributed by atoms with van der Waals surface area (Å²) >= 11 is 7.56. The highest BCUT2D eigenvalue weighted by molar-refractivity contribution is 9.25. The van der Waals surface area contributed by atoms with Crippen molar-refractivity contribution in [2.45, 2.75) is 29.9 Å². The second-order valence-electron chi connectivity index (χ2n) is 5.39. The third-order valence-electron chi connectivity index (χ3n) is 4.67. The van der Waals surface area contributed by atoms with Gasteiger partial charge in [-0.05, 0) is 41.9 Å². The number of hydrogen-bond acceptors (Lipinski definition) is 0. The third kappa shape index (κ3) is 0.796. The summed E-state index contributed by atoms with van der Waals surface area (Å²) in [6.45, 7) is 4.88. The molecule has 0 nitrogen and oxygen atoms in total. The van der Waals surface area contributed by atoms with Crippen molar-refractivity contribution < 1.29 is 0 Å². The zero-order chi connectivity index (χ0) is 8.72. The summed E-state index contributed by atoms with van der Waals surface area (Å²) in [5.74, 6) is 3.94. The molecule has 0 heterocycles. The van der Waals surface area contributed by atoms with Crippen molar-refractivity contribution in [2.24, 2.45) is 29.1 Å². The summed E-state index contributed by atoms with van der Waals surface area (Å²) in [5, 5.41) is 0. The predicted molar refractivity (Wildman–Crippen MR) is 57.6 cm³/mol. The molecule has 0 aromatic rings. The van der Waals surface area contributed by atoms with E-state index in [-0.39, 0.29) is 0 Å². The maximum Gasteiger partial charge on any atom is 0.0868 e. The molecule has 3 fully saturated rings. The van der Waals surface area contributed by atoms with Gasteiger partial charge in [-0.2, -0.15) is 0 Å². The monoisotopic (exact) mass is 292 g/mol. The average Bonchev–Trinajstić information content (AvgIpc) is 2.72. The van der Waals surface area contributed by atoms with Crippen molar-refractivity contribution >= 4 is 31.9 Å². The van der Waals surface area contributed by atoms with Crippen LogP contribution in [0.4, 0.5) is 0 Å². The van der Waals surface area contributed by atoms with Gasteiger partial charge < -0.3 is 0 Å². The van der Waals surface area contributed by atoms with Gasteiger partial charge in [-0.15, -0.1) is 0 Å². The summed E-state index contributed by atoms with van der Waals surface area (Å²) in [6, 6.07) is 0. The Morgan fingerprint density at radius 2 is 1.33 bits per heavy atom. The Bertz CT molecular complexity index is 198. The minimum absolute atomic E-state index is 0.351. The molecule has 3 aliphatic rings. The summed E-state index contributed by atoms with van der Waals surface area (Å²) in [5.41, 5.74) is 0.684. The zero-order valence-electron chi connectivity index (χ0n) is 7.48. The molecular formula is C10H14Br2. The molecule has 0 spiro atoms. The maximum absolute atomic E-state index is 3.78. The maximum atomic E-state index is 3.78. The molecule has 0 N–H and O–H groups in total. The summed E-state index contributed by atoms with van der Waals surface area (Å²) < 4.78 is 0.351. The SMILES string of the molecule is CC1(C)[C@@H]2C[C@@H]3[C@@H](C[C@H]21)C3(Br)Br. The van der Waals surface area contributed by atoms with E-state index in [2.05, 4.69) is 45.7 Å². The van der Waals surface area contributed by atoms with E-state index in [0.29, 0.717) is 8.65 Å². The minimum atomic E-state index is 0.351. The highest BCUT2D eigenvalue weighted by Crippen LogP contribution is 2.78. The molecule has 12 heavy (non-hydrogen) atoms. The summed E-state index contributed by atoms with van der Waals surface area (Å²) in [6.07, 6.45) is 2.91. The average molecular weight is 294 g/mol. The Morgan fingerprint density at radius 1 is 0.917 bits per heavy atom. The van der Waals surface area contributed by atoms with Gasteiger partial charge in [0.05, 0.1) is 3.23 Å². The number of rotatable bonds is 0. The molecule has 0 saturated heterocycles. The highest BCUT2D eigenvalue weighted by atomic mass is 79.9. The third-order valence-corrected chi connectivity index (χ3v) is 7.02. The molecule has 0 aromatic heterocycles. The Morgan fingerprint density at radius 3 is 1.75 bits per heavy atom. The van der Waals surface area contributed by atoms with Gasteiger partial charge in [-0.25, -0.2) is 0 Å². The Labute approximate surface area is 90.7 Å². The van der Waals surface area contributed by atoms with E-state index in [1.54, 1.807) is 0 Å². The van der Waals surface area contributed by atoms with Crippen molar-refractivity contribution in [3.63, 3.8) is 0 Å². The first-order valence-corrected chi connectivity index (χ1v) is 6.42. The van der Waals surface area contributed by atoms with E-state index in [1.807, 2.05) is 0 Å².